The monoisotopic (exact) mass is 354 g/mol. The molecular formula is C16H20Cl2N4O. The van der Waals surface area contributed by atoms with Gasteiger partial charge in [-0.25, -0.2) is 4.68 Å². The maximum atomic E-state index is 12.5. The molecule has 0 saturated carbocycles. The summed E-state index contributed by atoms with van der Waals surface area (Å²) in [6, 6.07) is 7.88. The predicted octanol–water partition coefficient (Wildman–Crippen LogP) is 2.77. The fourth-order valence-electron chi connectivity index (χ4n) is 2.72. The van der Waals surface area contributed by atoms with Crippen molar-refractivity contribution in [3.63, 3.8) is 0 Å². The molecule has 1 aromatic carbocycles. The number of hydrogen-bond donors (Lipinski definition) is 1. The molecule has 2 aromatic rings. The van der Waals surface area contributed by atoms with E-state index in [9.17, 15) is 4.79 Å². The smallest absolute Gasteiger partial charge is 0.257 e. The van der Waals surface area contributed by atoms with Crippen LogP contribution in [0.3, 0.4) is 0 Å². The number of aromatic nitrogens is 2. The molecule has 2 heterocycles. The summed E-state index contributed by atoms with van der Waals surface area (Å²) in [5.41, 5.74) is 1.51. The van der Waals surface area contributed by atoms with E-state index < -0.39 is 0 Å². The van der Waals surface area contributed by atoms with Gasteiger partial charge in [-0.05, 0) is 44.2 Å². The number of likely N-dealkylation sites (tertiary alicyclic amines) is 1. The maximum absolute atomic E-state index is 12.5. The maximum Gasteiger partial charge on any atom is 0.257 e. The molecule has 1 aliphatic heterocycles. The van der Waals surface area contributed by atoms with Crippen LogP contribution in [0.2, 0.25) is 5.02 Å². The summed E-state index contributed by atoms with van der Waals surface area (Å²) in [6.45, 7) is 1.58. The van der Waals surface area contributed by atoms with Gasteiger partial charge < -0.3 is 10.2 Å². The quantitative estimate of drug-likeness (QED) is 0.921. The summed E-state index contributed by atoms with van der Waals surface area (Å²) in [5, 5.41) is 8.23. The molecule has 0 unspecified atom stereocenters. The number of nitrogens with one attached hydrogen (secondary N) is 1. The first-order valence-corrected chi connectivity index (χ1v) is 7.82. The lowest BCUT2D eigenvalue weighted by molar-refractivity contribution is 0.0707. The highest BCUT2D eigenvalue weighted by molar-refractivity contribution is 6.30. The van der Waals surface area contributed by atoms with Crippen molar-refractivity contribution in [2.24, 2.45) is 0 Å². The van der Waals surface area contributed by atoms with Gasteiger partial charge in [0.1, 0.15) is 0 Å². The van der Waals surface area contributed by atoms with Crippen LogP contribution in [0.1, 0.15) is 23.2 Å². The van der Waals surface area contributed by atoms with Crippen molar-refractivity contribution in [2.45, 2.75) is 18.9 Å². The molecule has 5 nitrogen and oxygen atoms in total. The second-order valence-corrected chi connectivity index (χ2v) is 5.94. The Hall–Kier alpha value is -1.56. The van der Waals surface area contributed by atoms with Gasteiger partial charge in [0, 0.05) is 30.4 Å². The van der Waals surface area contributed by atoms with Gasteiger partial charge in [-0.3, -0.25) is 4.79 Å². The van der Waals surface area contributed by atoms with E-state index in [1.807, 2.05) is 36.2 Å². The van der Waals surface area contributed by atoms with Crippen LogP contribution in [0.15, 0.2) is 36.7 Å². The zero-order chi connectivity index (χ0) is 15.5. The van der Waals surface area contributed by atoms with Gasteiger partial charge in [-0.2, -0.15) is 5.10 Å². The van der Waals surface area contributed by atoms with Gasteiger partial charge in [0.25, 0.3) is 5.91 Å². The van der Waals surface area contributed by atoms with Gasteiger partial charge in [0.2, 0.25) is 0 Å². The Labute approximate surface area is 147 Å². The van der Waals surface area contributed by atoms with Crippen molar-refractivity contribution in [3.8, 4) is 5.69 Å². The predicted molar refractivity (Wildman–Crippen MR) is 93.8 cm³/mol. The van der Waals surface area contributed by atoms with E-state index in [2.05, 4.69) is 10.4 Å². The first-order valence-electron chi connectivity index (χ1n) is 7.44. The lowest BCUT2D eigenvalue weighted by Gasteiger charge is -2.31. The minimum atomic E-state index is 0. The van der Waals surface area contributed by atoms with E-state index in [-0.39, 0.29) is 18.3 Å². The van der Waals surface area contributed by atoms with Gasteiger partial charge in [0.05, 0.1) is 17.4 Å². The minimum Gasteiger partial charge on any atom is -0.338 e. The van der Waals surface area contributed by atoms with E-state index in [0.717, 1.165) is 31.6 Å². The van der Waals surface area contributed by atoms with Crippen molar-refractivity contribution in [1.29, 1.82) is 0 Å². The van der Waals surface area contributed by atoms with Crippen molar-refractivity contribution in [1.82, 2.24) is 20.0 Å². The molecule has 1 aliphatic rings. The number of benzene rings is 1. The van der Waals surface area contributed by atoms with Crippen molar-refractivity contribution >= 4 is 29.9 Å². The molecule has 1 amide bonds. The molecule has 1 N–H and O–H groups in total. The SMILES string of the molecule is CNC1CCN(C(=O)c2cnn(-c3ccc(Cl)cc3)c2)CC1.Cl. The Kier molecular flexibility index (Phi) is 6.04. The topological polar surface area (TPSA) is 50.2 Å². The molecule has 0 spiro atoms. The molecule has 23 heavy (non-hydrogen) atoms. The number of rotatable bonds is 3. The van der Waals surface area contributed by atoms with Crippen LogP contribution in [0.4, 0.5) is 0 Å². The second kappa shape index (κ2) is 7.81. The van der Waals surface area contributed by atoms with Gasteiger partial charge >= 0.3 is 0 Å². The van der Waals surface area contributed by atoms with E-state index in [0.29, 0.717) is 16.6 Å². The number of halogens is 2. The number of amides is 1. The van der Waals surface area contributed by atoms with E-state index in [1.165, 1.54) is 0 Å². The van der Waals surface area contributed by atoms with Gasteiger partial charge in [-0.1, -0.05) is 11.6 Å². The number of carbonyl (C=O) groups excluding carboxylic acids is 1. The summed E-state index contributed by atoms with van der Waals surface area (Å²) in [4.78, 5) is 14.4. The molecule has 3 rings (SSSR count). The molecule has 7 heteroatoms. The first-order chi connectivity index (χ1) is 10.7. The van der Waals surface area contributed by atoms with Crippen LogP contribution in [0, 0.1) is 0 Å². The average Bonchev–Trinajstić information content (AvgIpc) is 3.05. The van der Waals surface area contributed by atoms with E-state index in [1.54, 1.807) is 17.1 Å². The summed E-state index contributed by atoms with van der Waals surface area (Å²) in [6.07, 6.45) is 5.39. The van der Waals surface area contributed by atoms with Crippen molar-refractivity contribution < 1.29 is 4.79 Å². The number of piperidine rings is 1. The molecule has 1 fully saturated rings. The summed E-state index contributed by atoms with van der Waals surface area (Å²) in [5.74, 6) is 0.0507. The standard InChI is InChI=1S/C16H19ClN4O.ClH/c1-18-14-6-8-20(9-7-14)16(22)12-10-19-21(11-12)15-4-2-13(17)3-5-15;/h2-5,10-11,14,18H,6-9H2,1H3;1H. The molecule has 1 aromatic heterocycles. The highest BCUT2D eigenvalue weighted by Gasteiger charge is 2.23. The molecule has 1 saturated heterocycles. The molecule has 0 radical (unpaired) electrons. The second-order valence-electron chi connectivity index (χ2n) is 5.51. The molecular weight excluding hydrogens is 335 g/mol. The fourth-order valence-corrected chi connectivity index (χ4v) is 2.85. The van der Waals surface area contributed by atoms with E-state index in [4.69, 9.17) is 11.6 Å². The number of nitrogens with zero attached hydrogens (tertiary/aromatic N) is 3. The molecule has 0 atom stereocenters. The molecule has 0 aliphatic carbocycles. The zero-order valence-electron chi connectivity index (χ0n) is 12.9. The normalized spacial score (nSPS) is 15.3. The number of hydrogen-bond acceptors (Lipinski definition) is 3. The first kappa shape index (κ1) is 17.8. The van der Waals surface area contributed by atoms with Crippen LogP contribution >= 0.6 is 24.0 Å². The highest BCUT2D eigenvalue weighted by Crippen LogP contribution is 2.16. The lowest BCUT2D eigenvalue weighted by atomic mass is 10.0. The van der Waals surface area contributed by atoms with E-state index >= 15 is 0 Å². The van der Waals surface area contributed by atoms with Crippen molar-refractivity contribution in [2.75, 3.05) is 20.1 Å². The summed E-state index contributed by atoms with van der Waals surface area (Å²) >= 11 is 5.88. The zero-order valence-corrected chi connectivity index (χ0v) is 14.5. The Morgan fingerprint density at radius 1 is 1.26 bits per heavy atom. The van der Waals surface area contributed by atoms with Crippen molar-refractivity contribution in [3.05, 3.63) is 47.2 Å². The Bertz CT molecular complexity index is 648. The van der Waals surface area contributed by atoms with Crippen LogP contribution < -0.4 is 5.32 Å². The minimum absolute atomic E-state index is 0. The highest BCUT2D eigenvalue weighted by atomic mass is 35.5. The third-order valence-corrected chi connectivity index (χ3v) is 4.36. The Morgan fingerprint density at radius 3 is 2.52 bits per heavy atom. The summed E-state index contributed by atoms with van der Waals surface area (Å²) in [7, 11) is 1.97. The van der Waals surface area contributed by atoms with Crippen LogP contribution in [0.5, 0.6) is 0 Å². The van der Waals surface area contributed by atoms with Crippen LogP contribution in [-0.2, 0) is 0 Å². The van der Waals surface area contributed by atoms with Gasteiger partial charge in [0.15, 0.2) is 0 Å². The average molecular weight is 355 g/mol. The van der Waals surface area contributed by atoms with Crippen LogP contribution in [0.25, 0.3) is 5.69 Å². The molecule has 124 valence electrons. The Morgan fingerprint density at radius 2 is 1.91 bits per heavy atom. The summed E-state index contributed by atoms with van der Waals surface area (Å²) < 4.78 is 1.70. The number of carbonyl (C=O) groups is 1. The third kappa shape index (κ3) is 4.05. The largest absolute Gasteiger partial charge is 0.338 e. The van der Waals surface area contributed by atoms with Gasteiger partial charge in [-0.15, -0.1) is 12.4 Å². The molecule has 0 bridgehead atoms. The lowest BCUT2D eigenvalue weighted by Crippen LogP contribution is -2.43. The third-order valence-electron chi connectivity index (χ3n) is 4.11. The Balaban J connectivity index is 0.00000192. The van der Waals surface area contributed by atoms with Crippen LogP contribution in [-0.4, -0.2) is 46.8 Å². The fraction of sp³-hybridized carbons (Fsp3) is 0.375.